The minimum Gasteiger partial charge on any atom is -0.378 e. The van der Waals surface area contributed by atoms with Crippen LogP contribution in [0.1, 0.15) is 5.56 Å². The first kappa shape index (κ1) is 9.40. The van der Waals surface area contributed by atoms with Gasteiger partial charge in [0.05, 0.1) is 0 Å². The number of hydrogen-bond donors (Lipinski definition) is 0. The molecule has 0 aliphatic heterocycles. The van der Waals surface area contributed by atoms with Gasteiger partial charge < -0.3 is 4.90 Å². The van der Waals surface area contributed by atoms with E-state index in [0.717, 1.165) is 5.56 Å². The van der Waals surface area contributed by atoms with Gasteiger partial charge in [0, 0.05) is 47.9 Å². The van der Waals surface area contributed by atoms with Crippen molar-refractivity contribution in [2.24, 2.45) is 0 Å². The van der Waals surface area contributed by atoms with E-state index in [2.05, 4.69) is 26.9 Å². The van der Waals surface area contributed by atoms with Crippen LogP contribution in [0, 0.1) is 9.85 Å². The Bertz CT molecular complexity index is 303. The SMILES string of the molecule is CN(C)c1ccc(C#CI)cc1. The Hall–Kier alpha value is -0.690. The molecular formula is C10H10IN. The fraction of sp³-hybridized carbons (Fsp3) is 0.200. The fourth-order valence-electron chi connectivity index (χ4n) is 0.897. The largest absolute Gasteiger partial charge is 0.378 e. The summed E-state index contributed by atoms with van der Waals surface area (Å²) >= 11 is 2.04. The van der Waals surface area contributed by atoms with Gasteiger partial charge in [-0.1, -0.05) is 5.92 Å². The van der Waals surface area contributed by atoms with Crippen LogP contribution >= 0.6 is 22.6 Å². The summed E-state index contributed by atoms with van der Waals surface area (Å²) in [6.45, 7) is 0. The van der Waals surface area contributed by atoms with E-state index in [-0.39, 0.29) is 0 Å². The van der Waals surface area contributed by atoms with Crippen LogP contribution in [0.4, 0.5) is 5.69 Å². The van der Waals surface area contributed by atoms with Crippen LogP contribution in [-0.2, 0) is 0 Å². The van der Waals surface area contributed by atoms with E-state index in [4.69, 9.17) is 0 Å². The van der Waals surface area contributed by atoms with Crippen LogP contribution in [0.2, 0.25) is 0 Å². The predicted octanol–water partition coefficient (Wildman–Crippen LogP) is 2.50. The number of anilines is 1. The van der Waals surface area contributed by atoms with Gasteiger partial charge in [-0.25, -0.2) is 0 Å². The molecule has 1 aromatic carbocycles. The third-order valence-electron chi connectivity index (χ3n) is 1.58. The van der Waals surface area contributed by atoms with E-state index < -0.39 is 0 Å². The molecule has 0 saturated heterocycles. The first-order valence-electron chi connectivity index (χ1n) is 3.63. The van der Waals surface area contributed by atoms with Gasteiger partial charge in [-0.2, -0.15) is 0 Å². The molecule has 0 aromatic heterocycles. The quantitative estimate of drug-likeness (QED) is 0.560. The van der Waals surface area contributed by atoms with Gasteiger partial charge in [0.1, 0.15) is 0 Å². The van der Waals surface area contributed by atoms with Crippen molar-refractivity contribution in [1.82, 2.24) is 0 Å². The highest BCUT2D eigenvalue weighted by atomic mass is 127. The molecule has 0 heterocycles. The molecule has 1 aromatic rings. The fourth-order valence-corrected chi connectivity index (χ4v) is 1.21. The third kappa shape index (κ3) is 2.42. The van der Waals surface area contributed by atoms with E-state index >= 15 is 0 Å². The number of benzene rings is 1. The van der Waals surface area contributed by atoms with Crippen molar-refractivity contribution in [2.45, 2.75) is 0 Å². The molecule has 12 heavy (non-hydrogen) atoms. The molecule has 0 radical (unpaired) electrons. The van der Waals surface area contributed by atoms with Crippen LogP contribution < -0.4 is 4.90 Å². The molecule has 0 amide bonds. The molecular weight excluding hydrogens is 261 g/mol. The van der Waals surface area contributed by atoms with E-state index in [9.17, 15) is 0 Å². The molecule has 1 nitrogen and oxygen atoms in total. The summed E-state index contributed by atoms with van der Waals surface area (Å²) in [4.78, 5) is 2.07. The Labute approximate surface area is 86.9 Å². The highest BCUT2D eigenvalue weighted by molar-refractivity contribution is 14.1. The summed E-state index contributed by atoms with van der Waals surface area (Å²) in [5, 5.41) is 0. The lowest BCUT2D eigenvalue weighted by Crippen LogP contribution is -2.07. The summed E-state index contributed by atoms with van der Waals surface area (Å²) in [5.41, 5.74) is 2.27. The van der Waals surface area contributed by atoms with Gasteiger partial charge in [0.25, 0.3) is 0 Å². The summed E-state index contributed by atoms with van der Waals surface area (Å²) in [5.74, 6) is 2.99. The second-order valence-electron chi connectivity index (χ2n) is 2.66. The Morgan fingerprint density at radius 2 is 1.75 bits per heavy atom. The first-order valence-corrected chi connectivity index (χ1v) is 4.71. The molecule has 0 bridgehead atoms. The number of rotatable bonds is 1. The Morgan fingerprint density at radius 1 is 1.17 bits per heavy atom. The topological polar surface area (TPSA) is 3.24 Å². The number of halogens is 1. The standard InChI is InChI=1S/C10H10IN/c1-12(2)10-5-3-9(4-6-10)7-8-11/h3-6H,1-2H3. The van der Waals surface area contributed by atoms with E-state index in [1.54, 1.807) is 0 Å². The normalized spacial score (nSPS) is 8.58. The summed E-state index contributed by atoms with van der Waals surface area (Å²) < 4.78 is 2.84. The van der Waals surface area contributed by atoms with Crippen molar-refractivity contribution in [1.29, 1.82) is 0 Å². The Balaban J connectivity index is 2.90. The molecule has 0 atom stereocenters. The van der Waals surface area contributed by atoms with Crippen molar-refractivity contribution in [3.05, 3.63) is 29.8 Å². The average molecular weight is 271 g/mol. The summed E-state index contributed by atoms with van der Waals surface area (Å²) in [6, 6.07) is 8.19. The van der Waals surface area contributed by atoms with Gasteiger partial charge in [0.15, 0.2) is 0 Å². The van der Waals surface area contributed by atoms with Gasteiger partial charge in [0.2, 0.25) is 0 Å². The molecule has 62 valence electrons. The lowest BCUT2D eigenvalue weighted by molar-refractivity contribution is 1.13. The number of hydrogen-bond acceptors (Lipinski definition) is 1. The molecule has 2 heteroatoms. The van der Waals surface area contributed by atoms with E-state index in [1.165, 1.54) is 5.69 Å². The molecule has 0 saturated carbocycles. The van der Waals surface area contributed by atoms with Crippen LogP contribution in [-0.4, -0.2) is 14.1 Å². The molecule has 0 aliphatic carbocycles. The molecule has 0 unspecified atom stereocenters. The maximum Gasteiger partial charge on any atom is 0.0361 e. The maximum absolute atomic E-state index is 2.99. The zero-order valence-corrected chi connectivity index (χ0v) is 9.29. The highest BCUT2D eigenvalue weighted by Gasteiger charge is 1.92. The number of nitrogens with zero attached hydrogens (tertiary/aromatic N) is 1. The summed E-state index contributed by atoms with van der Waals surface area (Å²) in [6.07, 6.45) is 0. The third-order valence-corrected chi connectivity index (χ3v) is 1.84. The average Bonchev–Trinajstić information content (AvgIpc) is 2.06. The zero-order chi connectivity index (χ0) is 8.97. The molecule has 0 N–H and O–H groups in total. The lowest BCUT2D eigenvalue weighted by atomic mass is 10.2. The minimum atomic E-state index is 1.06. The van der Waals surface area contributed by atoms with Crippen LogP contribution in [0.15, 0.2) is 24.3 Å². The molecule has 1 rings (SSSR count). The van der Waals surface area contributed by atoms with E-state index in [0.29, 0.717) is 0 Å². The van der Waals surface area contributed by atoms with Crippen molar-refractivity contribution in [2.75, 3.05) is 19.0 Å². The monoisotopic (exact) mass is 271 g/mol. The van der Waals surface area contributed by atoms with E-state index in [1.807, 2.05) is 48.8 Å². The lowest BCUT2D eigenvalue weighted by Gasteiger charge is -2.11. The van der Waals surface area contributed by atoms with Crippen molar-refractivity contribution >= 4 is 28.3 Å². The zero-order valence-electron chi connectivity index (χ0n) is 7.13. The molecule has 0 spiro atoms. The van der Waals surface area contributed by atoms with Crippen molar-refractivity contribution in [3.63, 3.8) is 0 Å². The van der Waals surface area contributed by atoms with Crippen LogP contribution in [0.5, 0.6) is 0 Å². The summed E-state index contributed by atoms with van der Waals surface area (Å²) in [7, 11) is 4.05. The molecule has 0 aliphatic rings. The van der Waals surface area contributed by atoms with Crippen molar-refractivity contribution in [3.8, 4) is 9.85 Å². The predicted molar refractivity (Wildman–Crippen MR) is 61.7 cm³/mol. The van der Waals surface area contributed by atoms with Crippen molar-refractivity contribution < 1.29 is 0 Å². The van der Waals surface area contributed by atoms with Gasteiger partial charge in [-0.05, 0) is 28.2 Å². The second-order valence-corrected chi connectivity index (χ2v) is 3.20. The van der Waals surface area contributed by atoms with Gasteiger partial charge in [-0.15, -0.1) is 0 Å². The van der Waals surface area contributed by atoms with Crippen LogP contribution in [0.25, 0.3) is 0 Å². The Kier molecular flexibility index (Phi) is 3.42. The Morgan fingerprint density at radius 3 is 2.17 bits per heavy atom. The van der Waals surface area contributed by atoms with Crippen LogP contribution in [0.3, 0.4) is 0 Å². The second kappa shape index (κ2) is 4.36. The van der Waals surface area contributed by atoms with Gasteiger partial charge >= 0.3 is 0 Å². The maximum atomic E-state index is 2.99. The molecule has 0 fully saturated rings. The smallest absolute Gasteiger partial charge is 0.0361 e. The highest BCUT2D eigenvalue weighted by Crippen LogP contribution is 2.11. The first-order chi connectivity index (χ1) is 5.74. The van der Waals surface area contributed by atoms with Gasteiger partial charge in [-0.3, -0.25) is 0 Å². The minimum absolute atomic E-state index is 1.06.